The molecule has 2 rings (SSSR count). The second-order valence-electron chi connectivity index (χ2n) is 6.40. The van der Waals surface area contributed by atoms with Gasteiger partial charge in [-0.15, -0.1) is 0 Å². The van der Waals surface area contributed by atoms with Crippen LogP contribution >= 0.6 is 0 Å². The zero-order valence-electron chi connectivity index (χ0n) is 13.4. The molecule has 1 atom stereocenters. The smallest absolute Gasteiger partial charge is 0.0605 e. The van der Waals surface area contributed by atoms with Crippen LogP contribution in [-0.2, 0) is 0 Å². The molecule has 0 amide bonds. The third kappa shape index (κ3) is 4.05. The van der Waals surface area contributed by atoms with Gasteiger partial charge in [0, 0.05) is 6.20 Å². The van der Waals surface area contributed by atoms with Crippen molar-refractivity contribution in [2.75, 3.05) is 6.54 Å². The summed E-state index contributed by atoms with van der Waals surface area (Å²) >= 11 is 0. The number of hydrogen-bond donors (Lipinski definition) is 1. The van der Waals surface area contributed by atoms with E-state index in [0.29, 0.717) is 6.04 Å². The maximum atomic E-state index is 4.77. The minimum absolute atomic E-state index is 0.452. The van der Waals surface area contributed by atoms with Crippen LogP contribution in [0.25, 0.3) is 0 Å². The Kier molecular flexibility index (Phi) is 6.03. The van der Waals surface area contributed by atoms with Gasteiger partial charge in [-0.05, 0) is 56.7 Å². The Morgan fingerprint density at radius 2 is 1.90 bits per heavy atom. The lowest BCUT2D eigenvalue weighted by molar-refractivity contribution is 0.319. The van der Waals surface area contributed by atoms with Gasteiger partial charge in [0.15, 0.2) is 0 Å². The summed E-state index contributed by atoms with van der Waals surface area (Å²) in [6.45, 7) is 7.68. The molecule has 1 unspecified atom stereocenters. The SMILES string of the molecule is CCCNC(c1ncc(C)cc1C)C1CCCCCC1. The molecule has 20 heavy (non-hydrogen) atoms. The molecule has 1 heterocycles. The van der Waals surface area contributed by atoms with Gasteiger partial charge in [-0.1, -0.05) is 38.7 Å². The predicted octanol–water partition coefficient (Wildman–Crippen LogP) is 4.71. The van der Waals surface area contributed by atoms with Gasteiger partial charge in [-0.2, -0.15) is 0 Å². The van der Waals surface area contributed by atoms with Crippen molar-refractivity contribution in [2.24, 2.45) is 5.92 Å². The number of aromatic nitrogens is 1. The molecule has 0 bridgehead atoms. The first kappa shape index (κ1) is 15.5. The second-order valence-corrected chi connectivity index (χ2v) is 6.40. The first-order valence-electron chi connectivity index (χ1n) is 8.39. The fraction of sp³-hybridized carbons (Fsp3) is 0.722. The summed E-state index contributed by atoms with van der Waals surface area (Å²) in [5.41, 5.74) is 3.90. The lowest BCUT2D eigenvalue weighted by atomic mass is 9.87. The Hall–Kier alpha value is -0.890. The van der Waals surface area contributed by atoms with E-state index >= 15 is 0 Å². The van der Waals surface area contributed by atoms with Gasteiger partial charge in [0.2, 0.25) is 0 Å². The Morgan fingerprint density at radius 1 is 1.20 bits per heavy atom. The molecule has 0 aliphatic heterocycles. The van der Waals surface area contributed by atoms with Crippen molar-refractivity contribution >= 4 is 0 Å². The number of nitrogens with one attached hydrogen (secondary N) is 1. The molecule has 1 aromatic rings. The number of aryl methyl sites for hydroxylation is 2. The summed E-state index contributed by atoms with van der Waals surface area (Å²) in [6, 6.07) is 2.73. The summed E-state index contributed by atoms with van der Waals surface area (Å²) in [5, 5.41) is 3.78. The first-order valence-corrected chi connectivity index (χ1v) is 8.39. The maximum absolute atomic E-state index is 4.77. The number of hydrogen-bond acceptors (Lipinski definition) is 2. The highest BCUT2D eigenvalue weighted by Crippen LogP contribution is 2.34. The summed E-state index contributed by atoms with van der Waals surface area (Å²) in [6.07, 6.45) is 11.5. The largest absolute Gasteiger partial charge is 0.308 e. The number of pyridine rings is 1. The van der Waals surface area contributed by atoms with Crippen molar-refractivity contribution in [3.05, 3.63) is 29.1 Å². The number of nitrogens with zero attached hydrogens (tertiary/aromatic N) is 1. The van der Waals surface area contributed by atoms with Crippen LogP contribution in [0.3, 0.4) is 0 Å². The summed E-state index contributed by atoms with van der Waals surface area (Å²) in [7, 11) is 0. The van der Waals surface area contributed by atoms with Gasteiger partial charge in [-0.3, -0.25) is 4.98 Å². The van der Waals surface area contributed by atoms with E-state index < -0.39 is 0 Å². The van der Waals surface area contributed by atoms with Crippen LogP contribution in [-0.4, -0.2) is 11.5 Å². The molecule has 1 aromatic heterocycles. The zero-order valence-corrected chi connectivity index (χ0v) is 13.4. The van der Waals surface area contributed by atoms with Crippen molar-refractivity contribution in [1.82, 2.24) is 10.3 Å². The average molecular weight is 274 g/mol. The van der Waals surface area contributed by atoms with Crippen molar-refractivity contribution in [1.29, 1.82) is 0 Å². The zero-order chi connectivity index (χ0) is 14.4. The van der Waals surface area contributed by atoms with E-state index in [1.165, 1.54) is 61.8 Å². The van der Waals surface area contributed by atoms with Gasteiger partial charge in [0.1, 0.15) is 0 Å². The van der Waals surface area contributed by atoms with Crippen molar-refractivity contribution < 1.29 is 0 Å². The molecule has 0 aromatic carbocycles. The molecule has 2 nitrogen and oxygen atoms in total. The lowest BCUT2D eigenvalue weighted by Crippen LogP contribution is -2.30. The van der Waals surface area contributed by atoms with Gasteiger partial charge >= 0.3 is 0 Å². The van der Waals surface area contributed by atoms with Crippen LogP contribution in [0.15, 0.2) is 12.3 Å². The van der Waals surface area contributed by atoms with E-state index in [2.05, 4.69) is 32.2 Å². The van der Waals surface area contributed by atoms with Gasteiger partial charge in [0.05, 0.1) is 11.7 Å². The summed E-state index contributed by atoms with van der Waals surface area (Å²) in [5.74, 6) is 0.762. The highest BCUT2D eigenvalue weighted by Gasteiger charge is 2.25. The van der Waals surface area contributed by atoms with Crippen molar-refractivity contribution in [3.8, 4) is 0 Å². The third-order valence-electron chi connectivity index (χ3n) is 4.54. The van der Waals surface area contributed by atoms with Crippen LogP contribution < -0.4 is 5.32 Å². The van der Waals surface area contributed by atoms with Crippen LogP contribution in [0.1, 0.15) is 74.7 Å². The lowest BCUT2D eigenvalue weighted by Gasteiger charge is -2.28. The highest BCUT2D eigenvalue weighted by atomic mass is 14.9. The molecule has 1 N–H and O–H groups in total. The molecule has 1 aliphatic carbocycles. The predicted molar refractivity (Wildman–Crippen MR) is 85.9 cm³/mol. The maximum Gasteiger partial charge on any atom is 0.0605 e. The fourth-order valence-electron chi connectivity index (χ4n) is 3.48. The molecule has 0 spiro atoms. The molecular weight excluding hydrogens is 244 g/mol. The highest BCUT2D eigenvalue weighted by molar-refractivity contribution is 5.26. The van der Waals surface area contributed by atoms with E-state index in [0.717, 1.165) is 12.5 Å². The molecular formula is C18H30N2. The number of rotatable bonds is 5. The Balaban J connectivity index is 2.20. The fourth-order valence-corrected chi connectivity index (χ4v) is 3.48. The molecule has 1 fully saturated rings. The minimum atomic E-state index is 0.452. The van der Waals surface area contributed by atoms with E-state index in [4.69, 9.17) is 4.98 Å². The van der Waals surface area contributed by atoms with Crippen molar-refractivity contribution in [2.45, 2.75) is 71.8 Å². The molecule has 1 aliphatic rings. The van der Waals surface area contributed by atoms with Gasteiger partial charge < -0.3 is 5.32 Å². The Bertz CT molecular complexity index is 406. The van der Waals surface area contributed by atoms with E-state index in [-0.39, 0.29) is 0 Å². The first-order chi connectivity index (χ1) is 9.72. The van der Waals surface area contributed by atoms with E-state index in [9.17, 15) is 0 Å². The molecule has 1 saturated carbocycles. The normalized spacial score (nSPS) is 18.8. The van der Waals surface area contributed by atoms with Crippen LogP contribution in [0.2, 0.25) is 0 Å². The molecule has 2 heteroatoms. The minimum Gasteiger partial charge on any atom is -0.308 e. The van der Waals surface area contributed by atoms with Crippen LogP contribution in [0, 0.1) is 19.8 Å². The molecule has 0 saturated heterocycles. The van der Waals surface area contributed by atoms with Gasteiger partial charge in [0.25, 0.3) is 0 Å². The average Bonchev–Trinajstić information content (AvgIpc) is 2.70. The third-order valence-corrected chi connectivity index (χ3v) is 4.54. The summed E-state index contributed by atoms with van der Waals surface area (Å²) in [4.78, 5) is 4.77. The second kappa shape index (κ2) is 7.78. The monoisotopic (exact) mass is 274 g/mol. The van der Waals surface area contributed by atoms with Crippen LogP contribution in [0.4, 0.5) is 0 Å². The molecule has 112 valence electrons. The van der Waals surface area contributed by atoms with E-state index in [1.807, 2.05) is 6.20 Å². The Labute approximate surface area is 124 Å². The van der Waals surface area contributed by atoms with Crippen LogP contribution in [0.5, 0.6) is 0 Å². The standard InChI is InChI=1S/C18H30N2/c1-4-11-19-18(16-9-7-5-6-8-10-16)17-15(3)12-14(2)13-20-17/h12-13,16,18-19H,4-11H2,1-3H3. The van der Waals surface area contributed by atoms with Crippen molar-refractivity contribution in [3.63, 3.8) is 0 Å². The molecule has 0 radical (unpaired) electrons. The summed E-state index contributed by atoms with van der Waals surface area (Å²) < 4.78 is 0. The quantitative estimate of drug-likeness (QED) is 0.787. The van der Waals surface area contributed by atoms with E-state index in [1.54, 1.807) is 0 Å². The Morgan fingerprint density at radius 3 is 2.50 bits per heavy atom. The topological polar surface area (TPSA) is 24.9 Å². The van der Waals surface area contributed by atoms with Gasteiger partial charge in [-0.25, -0.2) is 0 Å².